The number of hydrogen-bond donors (Lipinski definition) is 0. The molecule has 0 aromatic heterocycles. The van der Waals surface area contributed by atoms with E-state index in [1.165, 1.54) is 5.57 Å². The predicted octanol–water partition coefficient (Wildman–Crippen LogP) is 1.92. The fourth-order valence-corrected chi connectivity index (χ4v) is 0.589. The van der Waals surface area contributed by atoms with E-state index in [1.807, 2.05) is 18.5 Å². The number of nitrogens with zero attached hydrogens (tertiary/aromatic N) is 1. The molecule has 1 aliphatic rings. The maximum atomic E-state index is 3.96. The first-order valence-corrected chi connectivity index (χ1v) is 2.74. The Bertz CT molecular complexity index is 149. The van der Waals surface area contributed by atoms with Crippen LogP contribution in [0.1, 0.15) is 13.3 Å². The largest absolute Gasteiger partial charge is 0.269 e. The molecule has 0 fully saturated rings. The van der Waals surface area contributed by atoms with Gasteiger partial charge >= 0.3 is 0 Å². The fourth-order valence-electron chi connectivity index (χ4n) is 0.589. The molecule has 0 spiro atoms. The summed E-state index contributed by atoms with van der Waals surface area (Å²) in [7, 11) is 0. The van der Waals surface area contributed by atoms with Crippen molar-refractivity contribution >= 4 is 6.21 Å². The molecule has 1 heteroatoms. The fraction of sp³-hybridized carbons (Fsp3) is 0.286. The highest BCUT2D eigenvalue weighted by atomic mass is 14.7. The van der Waals surface area contributed by atoms with Crippen LogP contribution >= 0.6 is 0 Å². The van der Waals surface area contributed by atoms with Gasteiger partial charge in [0.1, 0.15) is 0 Å². The van der Waals surface area contributed by atoms with Gasteiger partial charge in [0.25, 0.3) is 0 Å². The van der Waals surface area contributed by atoms with E-state index in [0.717, 1.165) is 6.42 Å². The molecule has 0 atom stereocenters. The third-order valence-corrected chi connectivity index (χ3v) is 1.07. The number of aliphatic imine (C=N–C) groups is 1. The van der Waals surface area contributed by atoms with Crippen molar-refractivity contribution in [2.45, 2.75) is 13.3 Å². The topological polar surface area (TPSA) is 12.4 Å². The molecule has 1 heterocycles. The molecule has 1 nitrogen and oxygen atoms in total. The minimum Gasteiger partial charge on any atom is -0.269 e. The first-order chi connectivity index (χ1) is 3.89. The van der Waals surface area contributed by atoms with Crippen molar-refractivity contribution in [2.75, 3.05) is 0 Å². The average molecular weight is 107 g/mol. The van der Waals surface area contributed by atoms with Crippen LogP contribution in [0.25, 0.3) is 0 Å². The summed E-state index contributed by atoms with van der Waals surface area (Å²) < 4.78 is 0. The van der Waals surface area contributed by atoms with Gasteiger partial charge in [-0.05, 0) is 13.0 Å². The summed E-state index contributed by atoms with van der Waals surface area (Å²) in [4.78, 5) is 3.96. The van der Waals surface area contributed by atoms with Gasteiger partial charge in [0.15, 0.2) is 0 Å². The molecule has 42 valence electrons. The first kappa shape index (κ1) is 5.29. The van der Waals surface area contributed by atoms with Gasteiger partial charge in [-0.1, -0.05) is 11.6 Å². The summed E-state index contributed by atoms with van der Waals surface area (Å²) in [5.74, 6) is 0. The highest BCUT2D eigenvalue weighted by Gasteiger charge is 1.81. The van der Waals surface area contributed by atoms with Gasteiger partial charge in [-0.25, -0.2) is 0 Å². The number of rotatable bonds is 0. The van der Waals surface area contributed by atoms with E-state index in [0.29, 0.717) is 0 Å². The molecule has 0 radical (unpaired) electrons. The maximum absolute atomic E-state index is 3.96. The molecule has 0 aromatic rings. The standard InChI is InChI=1S/C7H9N/c1-7-3-2-5-8-6-4-7/h3-6H,2H2,1H3. The lowest BCUT2D eigenvalue weighted by molar-refractivity contribution is 1.43. The van der Waals surface area contributed by atoms with Crippen molar-refractivity contribution in [3.05, 3.63) is 23.9 Å². The van der Waals surface area contributed by atoms with Gasteiger partial charge in [-0.2, -0.15) is 0 Å². The molecule has 0 aliphatic carbocycles. The van der Waals surface area contributed by atoms with Crippen LogP contribution in [-0.4, -0.2) is 6.21 Å². The molecule has 0 saturated carbocycles. The van der Waals surface area contributed by atoms with E-state index >= 15 is 0 Å². The lowest BCUT2D eigenvalue weighted by Gasteiger charge is -1.81. The highest BCUT2D eigenvalue weighted by molar-refractivity contribution is 5.61. The van der Waals surface area contributed by atoms with Crippen molar-refractivity contribution in [2.24, 2.45) is 4.99 Å². The Labute approximate surface area is 49.4 Å². The molecule has 0 unspecified atom stereocenters. The SMILES string of the molecule is CC1=CCC=NC=C1. The normalized spacial score (nSPS) is 17.9. The first-order valence-electron chi connectivity index (χ1n) is 2.74. The van der Waals surface area contributed by atoms with Crippen LogP contribution in [-0.2, 0) is 0 Å². The summed E-state index contributed by atoms with van der Waals surface area (Å²) in [6.07, 6.45) is 8.83. The van der Waals surface area contributed by atoms with Gasteiger partial charge in [-0.3, -0.25) is 4.99 Å². The van der Waals surface area contributed by atoms with Crippen molar-refractivity contribution in [3.63, 3.8) is 0 Å². The lowest BCUT2D eigenvalue weighted by Crippen LogP contribution is -1.66. The summed E-state index contributed by atoms with van der Waals surface area (Å²) >= 11 is 0. The Hall–Kier alpha value is -0.850. The zero-order valence-electron chi connectivity index (χ0n) is 4.96. The zero-order chi connectivity index (χ0) is 5.82. The second-order valence-corrected chi connectivity index (χ2v) is 1.83. The van der Waals surface area contributed by atoms with Crippen molar-refractivity contribution in [3.8, 4) is 0 Å². The molecule has 0 amide bonds. The Balaban J connectivity index is 2.69. The van der Waals surface area contributed by atoms with Crippen molar-refractivity contribution in [1.82, 2.24) is 0 Å². The van der Waals surface area contributed by atoms with Gasteiger partial charge in [0, 0.05) is 18.8 Å². The number of allylic oxidation sites excluding steroid dienone is 3. The van der Waals surface area contributed by atoms with Gasteiger partial charge in [0.05, 0.1) is 0 Å². The summed E-state index contributed by atoms with van der Waals surface area (Å²) in [6, 6.07) is 0. The molecule has 8 heavy (non-hydrogen) atoms. The molecular weight excluding hydrogens is 98.1 g/mol. The van der Waals surface area contributed by atoms with Gasteiger partial charge < -0.3 is 0 Å². The number of hydrogen-bond acceptors (Lipinski definition) is 1. The van der Waals surface area contributed by atoms with Crippen molar-refractivity contribution in [1.29, 1.82) is 0 Å². The minimum absolute atomic E-state index is 0.971. The second-order valence-electron chi connectivity index (χ2n) is 1.83. The monoisotopic (exact) mass is 107 g/mol. The van der Waals surface area contributed by atoms with E-state index in [9.17, 15) is 0 Å². The maximum Gasteiger partial charge on any atom is 0.0266 e. The van der Waals surface area contributed by atoms with E-state index in [2.05, 4.69) is 18.0 Å². The van der Waals surface area contributed by atoms with Crippen LogP contribution < -0.4 is 0 Å². The Morgan fingerprint density at radius 3 is 3.38 bits per heavy atom. The Morgan fingerprint density at radius 2 is 2.50 bits per heavy atom. The van der Waals surface area contributed by atoms with Crippen LogP contribution in [0.5, 0.6) is 0 Å². The zero-order valence-corrected chi connectivity index (χ0v) is 4.96. The molecule has 0 saturated heterocycles. The van der Waals surface area contributed by atoms with Crippen LogP contribution in [0, 0.1) is 0 Å². The van der Waals surface area contributed by atoms with Crippen LogP contribution in [0.3, 0.4) is 0 Å². The third kappa shape index (κ3) is 1.34. The van der Waals surface area contributed by atoms with Crippen LogP contribution in [0.4, 0.5) is 0 Å². The molecule has 0 aromatic carbocycles. The average Bonchev–Trinajstić information content (AvgIpc) is 1.94. The van der Waals surface area contributed by atoms with Crippen LogP contribution in [0.2, 0.25) is 0 Å². The molecule has 1 rings (SSSR count). The second kappa shape index (κ2) is 2.46. The van der Waals surface area contributed by atoms with E-state index < -0.39 is 0 Å². The van der Waals surface area contributed by atoms with Gasteiger partial charge in [-0.15, -0.1) is 0 Å². The summed E-state index contributed by atoms with van der Waals surface area (Å²) in [5, 5.41) is 0. The molecule has 1 aliphatic heterocycles. The lowest BCUT2D eigenvalue weighted by atomic mass is 10.2. The molecular formula is C7H9N. The highest BCUT2D eigenvalue weighted by Crippen LogP contribution is 1.99. The summed E-state index contributed by atoms with van der Waals surface area (Å²) in [5.41, 5.74) is 1.29. The minimum atomic E-state index is 0.971. The third-order valence-electron chi connectivity index (χ3n) is 1.07. The van der Waals surface area contributed by atoms with E-state index in [4.69, 9.17) is 0 Å². The molecule has 0 bridgehead atoms. The quantitative estimate of drug-likeness (QED) is 0.448. The molecule has 0 N–H and O–H groups in total. The van der Waals surface area contributed by atoms with Gasteiger partial charge in [0.2, 0.25) is 0 Å². The Kier molecular flexibility index (Phi) is 1.62. The Morgan fingerprint density at radius 1 is 1.62 bits per heavy atom. The predicted molar refractivity (Wildman–Crippen MR) is 36.0 cm³/mol. The van der Waals surface area contributed by atoms with E-state index in [1.54, 1.807) is 0 Å². The van der Waals surface area contributed by atoms with Crippen molar-refractivity contribution < 1.29 is 0 Å². The summed E-state index contributed by atoms with van der Waals surface area (Å²) in [6.45, 7) is 2.07. The smallest absolute Gasteiger partial charge is 0.0266 e. The van der Waals surface area contributed by atoms with Crippen LogP contribution in [0.15, 0.2) is 28.9 Å². The van der Waals surface area contributed by atoms with E-state index in [-0.39, 0.29) is 0 Å².